The average Bonchev–Trinajstić information content (AvgIpc) is 3.01. The summed E-state index contributed by atoms with van der Waals surface area (Å²) in [4.78, 5) is 11.9. The Bertz CT molecular complexity index is 820. The van der Waals surface area contributed by atoms with E-state index < -0.39 is 0 Å². The molecule has 9 heteroatoms. The Morgan fingerprint density at radius 2 is 1.84 bits per heavy atom. The monoisotopic (exact) mass is 531 g/mol. The first kappa shape index (κ1) is 18.2. The first-order valence-corrected chi connectivity index (χ1v) is 9.51. The highest BCUT2D eigenvalue weighted by Crippen LogP contribution is 2.34. The molecule has 1 aliphatic rings. The minimum absolute atomic E-state index is 0.0807. The van der Waals surface area contributed by atoms with Gasteiger partial charge in [0.2, 0.25) is 6.79 Å². The lowest BCUT2D eigenvalue weighted by Gasteiger charge is -2.10. The van der Waals surface area contributed by atoms with E-state index in [-0.39, 0.29) is 19.2 Å². The van der Waals surface area contributed by atoms with E-state index in [1.165, 1.54) is 0 Å². The number of nitrogens with one attached hydrogen (secondary N) is 2. The molecule has 0 unspecified atom stereocenters. The summed E-state index contributed by atoms with van der Waals surface area (Å²) in [6, 6.07) is 9.21. The molecule has 6 nitrogen and oxygen atoms in total. The fourth-order valence-corrected chi connectivity index (χ4v) is 4.63. The van der Waals surface area contributed by atoms with Crippen molar-refractivity contribution in [3.63, 3.8) is 0 Å². The first-order chi connectivity index (χ1) is 12.0. The number of rotatable bonds is 5. The van der Waals surface area contributed by atoms with E-state index in [9.17, 15) is 4.79 Å². The quantitative estimate of drug-likeness (QED) is 0.445. The van der Waals surface area contributed by atoms with E-state index >= 15 is 0 Å². The van der Waals surface area contributed by atoms with E-state index in [1.807, 2.05) is 18.2 Å². The third kappa shape index (κ3) is 4.74. The number of carbonyl (C=O) groups excluding carboxylic acids is 1. The van der Waals surface area contributed by atoms with Gasteiger partial charge in [0.05, 0.1) is 18.4 Å². The standard InChI is InChI=1S/C16H12Br3N3O3/c17-10-4-11(18)16(12(19)5-10)20-7-15(23)22-21-6-9-1-2-13-14(3-9)25-8-24-13/h1-6,20H,7-8H2,(H,22,23)/b21-6-. The number of benzene rings is 2. The highest BCUT2D eigenvalue weighted by molar-refractivity contribution is 9.11. The molecule has 0 atom stereocenters. The van der Waals surface area contributed by atoms with Crippen molar-refractivity contribution in [2.24, 2.45) is 5.10 Å². The molecule has 0 aliphatic carbocycles. The number of hydrazone groups is 1. The molecule has 0 fully saturated rings. The lowest BCUT2D eigenvalue weighted by molar-refractivity contribution is -0.119. The molecule has 2 N–H and O–H groups in total. The molecule has 3 rings (SSSR count). The largest absolute Gasteiger partial charge is 0.454 e. The van der Waals surface area contributed by atoms with Gasteiger partial charge in [0, 0.05) is 13.4 Å². The molecule has 0 bridgehead atoms. The molecule has 0 aromatic heterocycles. The second-order valence-corrected chi connectivity index (χ2v) is 7.63. The summed E-state index contributed by atoms with van der Waals surface area (Å²) < 4.78 is 13.1. The van der Waals surface area contributed by atoms with Crippen molar-refractivity contribution in [3.8, 4) is 11.5 Å². The van der Waals surface area contributed by atoms with Gasteiger partial charge in [0.15, 0.2) is 11.5 Å². The van der Waals surface area contributed by atoms with Crippen LogP contribution in [0.15, 0.2) is 48.9 Å². The molecular formula is C16H12Br3N3O3. The maximum Gasteiger partial charge on any atom is 0.259 e. The van der Waals surface area contributed by atoms with Gasteiger partial charge in [-0.05, 0) is 67.8 Å². The van der Waals surface area contributed by atoms with Gasteiger partial charge in [-0.15, -0.1) is 0 Å². The number of ether oxygens (including phenoxy) is 2. The number of hydrogen-bond donors (Lipinski definition) is 2. The number of fused-ring (bicyclic) bond motifs is 1. The summed E-state index contributed by atoms with van der Waals surface area (Å²) in [6.07, 6.45) is 1.55. The van der Waals surface area contributed by atoms with Crippen LogP contribution in [0.2, 0.25) is 0 Å². The number of nitrogens with zero attached hydrogens (tertiary/aromatic N) is 1. The maximum absolute atomic E-state index is 11.9. The van der Waals surface area contributed by atoms with Crippen molar-refractivity contribution in [3.05, 3.63) is 49.3 Å². The van der Waals surface area contributed by atoms with Crippen LogP contribution in [0.3, 0.4) is 0 Å². The number of hydrogen-bond acceptors (Lipinski definition) is 5. The smallest absolute Gasteiger partial charge is 0.259 e. The fourth-order valence-electron chi connectivity index (χ4n) is 2.09. The molecule has 0 spiro atoms. The van der Waals surface area contributed by atoms with Crippen molar-refractivity contribution >= 4 is 65.6 Å². The zero-order valence-electron chi connectivity index (χ0n) is 12.7. The SMILES string of the molecule is O=C(CNc1c(Br)cc(Br)cc1Br)N/N=C\c1ccc2c(c1)OCO2. The van der Waals surface area contributed by atoms with E-state index in [2.05, 4.69) is 63.6 Å². The van der Waals surface area contributed by atoms with Crippen LogP contribution in [0.1, 0.15) is 5.56 Å². The Balaban J connectivity index is 1.53. The van der Waals surface area contributed by atoms with Crippen molar-refractivity contribution in [1.82, 2.24) is 5.43 Å². The van der Waals surface area contributed by atoms with Gasteiger partial charge >= 0.3 is 0 Å². The van der Waals surface area contributed by atoms with Crippen LogP contribution < -0.4 is 20.2 Å². The fraction of sp³-hybridized carbons (Fsp3) is 0.125. The zero-order chi connectivity index (χ0) is 17.8. The average molecular weight is 534 g/mol. The summed E-state index contributed by atoms with van der Waals surface area (Å²) in [7, 11) is 0. The topological polar surface area (TPSA) is 72.0 Å². The summed E-state index contributed by atoms with van der Waals surface area (Å²) in [6.45, 7) is 0.302. The Labute approximate surface area is 169 Å². The molecule has 0 radical (unpaired) electrons. The highest BCUT2D eigenvalue weighted by atomic mass is 79.9. The molecule has 0 saturated heterocycles. The zero-order valence-corrected chi connectivity index (χ0v) is 17.4. The molecule has 0 saturated carbocycles. The Kier molecular flexibility index (Phi) is 5.98. The van der Waals surface area contributed by atoms with Crippen molar-refractivity contribution < 1.29 is 14.3 Å². The van der Waals surface area contributed by atoms with E-state index in [0.29, 0.717) is 11.5 Å². The molecule has 1 amide bonds. The molecule has 25 heavy (non-hydrogen) atoms. The van der Waals surface area contributed by atoms with Crippen LogP contribution in [0.4, 0.5) is 5.69 Å². The molecule has 1 heterocycles. The summed E-state index contributed by atoms with van der Waals surface area (Å²) in [5.41, 5.74) is 4.07. The Hall–Kier alpha value is -1.58. The van der Waals surface area contributed by atoms with E-state index in [1.54, 1.807) is 18.3 Å². The summed E-state index contributed by atoms with van der Waals surface area (Å²) in [5, 5.41) is 7.00. The van der Waals surface area contributed by atoms with Gasteiger partial charge in [-0.25, -0.2) is 5.43 Å². The Morgan fingerprint density at radius 3 is 2.60 bits per heavy atom. The Morgan fingerprint density at radius 1 is 1.12 bits per heavy atom. The van der Waals surface area contributed by atoms with Gasteiger partial charge in [-0.3, -0.25) is 4.79 Å². The molecule has 130 valence electrons. The van der Waals surface area contributed by atoms with Gasteiger partial charge in [0.25, 0.3) is 5.91 Å². The highest BCUT2D eigenvalue weighted by Gasteiger charge is 2.12. The molecule has 2 aromatic rings. The first-order valence-electron chi connectivity index (χ1n) is 7.13. The minimum Gasteiger partial charge on any atom is -0.454 e. The van der Waals surface area contributed by atoms with Crippen LogP contribution in [0, 0.1) is 0 Å². The second-order valence-electron chi connectivity index (χ2n) is 5.00. The molecular weight excluding hydrogens is 522 g/mol. The van der Waals surface area contributed by atoms with E-state index in [4.69, 9.17) is 9.47 Å². The maximum atomic E-state index is 11.9. The second kappa shape index (κ2) is 8.20. The molecule has 2 aromatic carbocycles. The number of halogens is 3. The summed E-state index contributed by atoms with van der Waals surface area (Å²) >= 11 is 10.3. The third-order valence-electron chi connectivity index (χ3n) is 3.23. The molecule has 1 aliphatic heterocycles. The number of carbonyl (C=O) groups is 1. The van der Waals surface area contributed by atoms with E-state index in [0.717, 1.165) is 24.7 Å². The predicted molar refractivity (Wildman–Crippen MR) is 106 cm³/mol. The number of amides is 1. The van der Waals surface area contributed by atoms with Gasteiger partial charge in [-0.1, -0.05) is 15.9 Å². The lowest BCUT2D eigenvalue weighted by Crippen LogP contribution is -2.26. The van der Waals surface area contributed by atoms with Crippen LogP contribution in [-0.4, -0.2) is 25.5 Å². The van der Waals surface area contributed by atoms with Crippen LogP contribution >= 0.6 is 47.8 Å². The normalized spacial score (nSPS) is 12.4. The van der Waals surface area contributed by atoms with Crippen molar-refractivity contribution in [2.45, 2.75) is 0 Å². The lowest BCUT2D eigenvalue weighted by atomic mass is 10.2. The van der Waals surface area contributed by atoms with Crippen LogP contribution in [0.25, 0.3) is 0 Å². The predicted octanol–water partition coefficient (Wildman–Crippen LogP) is 4.27. The van der Waals surface area contributed by atoms with Crippen molar-refractivity contribution in [1.29, 1.82) is 0 Å². The minimum atomic E-state index is -0.265. The summed E-state index contributed by atoms with van der Waals surface area (Å²) in [5.74, 6) is 1.11. The third-order valence-corrected chi connectivity index (χ3v) is 4.94. The van der Waals surface area contributed by atoms with Crippen LogP contribution in [-0.2, 0) is 4.79 Å². The number of anilines is 1. The van der Waals surface area contributed by atoms with Gasteiger partial charge in [-0.2, -0.15) is 5.10 Å². The van der Waals surface area contributed by atoms with Gasteiger partial charge < -0.3 is 14.8 Å². The van der Waals surface area contributed by atoms with Gasteiger partial charge in [0.1, 0.15) is 0 Å². The van der Waals surface area contributed by atoms with Crippen LogP contribution in [0.5, 0.6) is 11.5 Å². The van der Waals surface area contributed by atoms with Crippen molar-refractivity contribution in [2.75, 3.05) is 18.7 Å².